The van der Waals surface area contributed by atoms with Crippen molar-refractivity contribution < 1.29 is 4.79 Å². The second-order valence-corrected chi connectivity index (χ2v) is 7.58. The SMILES string of the molecule is CN1C(=S)N(c2ccccc2)C(=O)/C1=C/c1ccc(C(C)(C)C)cc1. The molecule has 1 amide bonds. The minimum atomic E-state index is -0.0985. The molecule has 25 heavy (non-hydrogen) atoms. The molecule has 0 aromatic heterocycles. The van der Waals surface area contributed by atoms with Crippen LogP contribution >= 0.6 is 12.2 Å². The summed E-state index contributed by atoms with van der Waals surface area (Å²) in [5.41, 5.74) is 3.73. The largest absolute Gasteiger partial charge is 0.317 e. The summed E-state index contributed by atoms with van der Waals surface area (Å²) in [7, 11) is 1.83. The van der Waals surface area contributed by atoms with E-state index in [2.05, 4.69) is 32.9 Å². The molecule has 4 heteroatoms. The van der Waals surface area contributed by atoms with Gasteiger partial charge in [0.1, 0.15) is 5.70 Å². The maximum absolute atomic E-state index is 12.9. The fraction of sp³-hybridized carbons (Fsp3) is 0.238. The van der Waals surface area contributed by atoms with Crippen LogP contribution in [0.4, 0.5) is 5.69 Å². The van der Waals surface area contributed by atoms with Gasteiger partial charge in [-0.25, -0.2) is 0 Å². The van der Waals surface area contributed by atoms with E-state index in [4.69, 9.17) is 12.2 Å². The first-order valence-corrected chi connectivity index (χ1v) is 8.69. The Morgan fingerprint density at radius 3 is 2.12 bits per heavy atom. The van der Waals surface area contributed by atoms with Crippen LogP contribution in [0.5, 0.6) is 0 Å². The summed E-state index contributed by atoms with van der Waals surface area (Å²) in [4.78, 5) is 16.2. The number of para-hydroxylation sites is 1. The van der Waals surface area contributed by atoms with Crippen molar-refractivity contribution in [2.24, 2.45) is 0 Å². The average molecular weight is 350 g/mol. The number of carbonyl (C=O) groups excluding carboxylic acids is 1. The maximum atomic E-state index is 12.9. The average Bonchev–Trinajstić information content (AvgIpc) is 2.79. The van der Waals surface area contributed by atoms with E-state index in [1.54, 1.807) is 9.80 Å². The third-order valence-electron chi connectivity index (χ3n) is 4.36. The highest BCUT2D eigenvalue weighted by Gasteiger charge is 2.36. The molecular formula is C21H22N2OS. The fourth-order valence-corrected chi connectivity index (χ4v) is 3.09. The molecular weight excluding hydrogens is 328 g/mol. The summed E-state index contributed by atoms with van der Waals surface area (Å²) in [6.07, 6.45) is 1.89. The van der Waals surface area contributed by atoms with Gasteiger partial charge in [-0.1, -0.05) is 63.2 Å². The maximum Gasteiger partial charge on any atom is 0.281 e. The van der Waals surface area contributed by atoms with E-state index in [0.717, 1.165) is 11.3 Å². The van der Waals surface area contributed by atoms with Crippen molar-refractivity contribution in [2.75, 3.05) is 11.9 Å². The van der Waals surface area contributed by atoms with Gasteiger partial charge in [0.25, 0.3) is 5.91 Å². The molecule has 1 aliphatic rings. The number of nitrogens with zero attached hydrogens (tertiary/aromatic N) is 2. The van der Waals surface area contributed by atoms with Crippen molar-refractivity contribution in [1.29, 1.82) is 0 Å². The molecule has 0 N–H and O–H groups in total. The van der Waals surface area contributed by atoms with Gasteiger partial charge in [0.2, 0.25) is 0 Å². The van der Waals surface area contributed by atoms with Crippen LogP contribution in [0.3, 0.4) is 0 Å². The lowest BCUT2D eigenvalue weighted by Gasteiger charge is -2.19. The number of hydrogen-bond acceptors (Lipinski definition) is 2. The Kier molecular flexibility index (Phi) is 4.48. The summed E-state index contributed by atoms with van der Waals surface area (Å²) in [5, 5.41) is 0.494. The topological polar surface area (TPSA) is 23.6 Å². The molecule has 0 aliphatic carbocycles. The van der Waals surface area contributed by atoms with E-state index >= 15 is 0 Å². The highest BCUT2D eigenvalue weighted by molar-refractivity contribution is 7.80. The number of amides is 1. The molecule has 0 unspecified atom stereocenters. The van der Waals surface area contributed by atoms with Crippen LogP contribution in [0.1, 0.15) is 31.9 Å². The lowest BCUT2D eigenvalue weighted by molar-refractivity contribution is -0.114. The standard InChI is InChI=1S/C21H22N2OS/c1-21(2,3)16-12-10-15(11-13-16)14-18-19(24)23(20(25)22(18)4)17-8-6-5-7-9-17/h5-14H,1-4H3/b18-14-. The third-order valence-corrected chi connectivity index (χ3v) is 4.81. The number of likely N-dealkylation sites (N-methyl/N-ethyl adjacent to an activating group) is 1. The van der Waals surface area contributed by atoms with Crippen LogP contribution in [0.2, 0.25) is 0 Å². The van der Waals surface area contributed by atoms with Gasteiger partial charge in [0.05, 0.1) is 5.69 Å². The Balaban J connectivity index is 1.93. The normalized spacial score (nSPS) is 16.9. The van der Waals surface area contributed by atoms with Crippen LogP contribution in [0.25, 0.3) is 6.08 Å². The van der Waals surface area contributed by atoms with Crippen LogP contribution in [0, 0.1) is 0 Å². The molecule has 2 aromatic carbocycles. The van der Waals surface area contributed by atoms with E-state index in [-0.39, 0.29) is 11.3 Å². The van der Waals surface area contributed by atoms with E-state index in [1.165, 1.54) is 5.56 Å². The fourth-order valence-electron chi connectivity index (χ4n) is 2.80. The van der Waals surface area contributed by atoms with Gasteiger partial charge in [0, 0.05) is 7.05 Å². The summed E-state index contributed by atoms with van der Waals surface area (Å²) < 4.78 is 0. The second-order valence-electron chi connectivity index (χ2n) is 7.22. The van der Waals surface area contributed by atoms with Crippen LogP contribution in [-0.2, 0) is 10.2 Å². The predicted octanol–water partition coefficient (Wildman–Crippen LogP) is 4.59. The van der Waals surface area contributed by atoms with Gasteiger partial charge in [-0.15, -0.1) is 0 Å². The predicted molar refractivity (Wildman–Crippen MR) is 107 cm³/mol. The van der Waals surface area contributed by atoms with Crippen molar-refractivity contribution in [3.8, 4) is 0 Å². The molecule has 0 radical (unpaired) electrons. The summed E-state index contributed by atoms with van der Waals surface area (Å²) in [5.74, 6) is -0.0985. The third kappa shape index (κ3) is 3.35. The number of benzene rings is 2. The molecule has 1 saturated heterocycles. The van der Waals surface area contributed by atoms with E-state index in [0.29, 0.717) is 10.8 Å². The lowest BCUT2D eigenvalue weighted by Crippen LogP contribution is -2.30. The smallest absolute Gasteiger partial charge is 0.281 e. The molecule has 0 saturated carbocycles. The molecule has 3 rings (SSSR count). The first kappa shape index (κ1) is 17.4. The summed E-state index contributed by atoms with van der Waals surface area (Å²) in [6.45, 7) is 6.56. The monoisotopic (exact) mass is 350 g/mol. The lowest BCUT2D eigenvalue weighted by atomic mass is 9.87. The zero-order valence-electron chi connectivity index (χ0n) is 15.0. The Morgan fingerprint density at radius 1 is 0.960 bits per heavy atom. The van der Waals surface area contributed by atoms with Gasteiger partial charge in [-0.05, 0) is 47.0 Å². The van der Waals surface area contributed by atoms with Crippen molar-refractivity contribution in [2.45, 2.75) is 26.2 Å². The number of anilines is 1. The van der Waals surface area contributed by atoms with Gasteiger partial charge >= 0.3 is 0 Å². The Labute approximate surface area is 154 Å². The highest BCUT2D eigenvalue weighted by atomic mass is 32.1. The number of hydrogen-bond donors (Lipinski definition) is 0. The summed E-state index contributed by atoms with van der Waals surface area (Å²) in [6, 6.07) is 17.8. The highest BCUT2D eigenvalue weighted by Crippen LogP contribution is 2.28. The van der Waals surface area contributed by atoms with Gasteiger partial charge in [0.15, 0.2) is 5.11 Å². The molecule has 1 fully saturated rings. The van der Waals surface area contributed by atoms with Crippen LogP contribution in [0.15, 0.2) is 60.3 Å². The van der Waals surface area contributed by atoms with Gasteiger partial charge < -0.3 is 4.90 Å². The van der Waals surface area contributed by atoms with Crippen molar-refractivity contribution in [3.05, 3.63) is 71.4 Å². The van der Waals surface area contributed by atoms with Crippen molar-refractivity contribution in [1.82, 2.24) is 4.90 Å². The number of carbonyl (C=O) groups is 1. The second kappa shape index (κ2) is 6.45. The molecule has 3 nitrogen and oxygen atoms in total. The quantitative estimate of drug-likeness (QED) is 0.585. The minimum Gasteiger partial charge on any atom is -0.317 e. The molecule has 1 heterocycles. The first-order valence-electron chi connectivity index (χ1n) is 8.28. The number of rotatable bonds is 2. The van der Waals surface area contributed by atoms with Gasteiger partial charge in [-0.2, -0.15) is 0 Å². The molecule has 0 atom stereocenters. The van der Waals surface area contributed by atoms with Crippen molar-refractivity contribution >= 4 is 35.0 Å². The Bertz CT molecular complexity index is 832. The van der Waals surface area contributed by atoms with Crippen molar-refractivity contribution in [3.63, 3.8) is 0 Å². The molecule has 128 valence electrons. The molecule has 1 aliphatic heterocycles. The summed E-state index contributed by atoms with van der Waals surface area (Å²) >= 11 is 5.48. The van der Waals surface area contributed by atoms with E-state index in [9.17, 15) is 4.79 Å². The zero-order valence-corrected chi connectivity index (χ0v) is 15.8. The van der Waals surface area contributed by atoms with Crippen LogP contribution < -0.4 is 4.90 Å². The van der Waals surface area contributed by atoms with E-state index < -0.39 is 0 Å². The van der Waals surface area contributed by atoms with E-state index in [1.807, 2.05) is 55.6 Å². The Hall–Kier alpha value is -2.46. The number of thiocarbonyl (C=S) groups is 1. The molecule has 0 spiro atoms. The Morgan fingerprint density at radius 2 is 1.56 bits per heavy atom. The molecule has 2 aromatic rings. The minimum absolute atomic E-state index is 0.0985. The van der Waals surface area contributed by atoms with Gasteiger partial charge in [-0.3, -0.25) is 9.69 Å². The first-order chi connectivity index (χ1) is 11.8. The molecule has 0 bridgehead atoms. The zero-order chi connectivity index (χ0) is 18.2. The van der Waals surface area contributed by atoms with Crippen LogP contribution in [-0.4, -0.2) is 23.0 Å².